The lowest BCUT2D eigenvalue weighted by molar-refractivity contribution is -0.385. The van der Waals surface area contributed by atoms with Gasteiger partial charge < -0.3 is 58.5 Å². The maximum atomic E-state index is 13.9. The molecule has 0 spiro atoms. The first-order chi connectivity index (χ1) is 68.0. The van der Waals surface area contributed by atoms with Crippen LogP contribution in [0.25, 0.3) is 17.1 Å². The molecule has 40 heteroatoms. The van der Waals surface area contributed by atoms with Gasteiger partial charge in [-0.15, -0.1) is 0 Å². The molecule has 16 rings (SSSR count). The molecule has 5 N–H and O–H groups in total. The van der Waals surface area contributed by atoms with Gasteiger partial charge in [-0.25, -0.2) is 83.4 Å². The van der Waals surface area contributed by atoms with Gasteiger partial charge in [-0.1, -0.05) is 12.1 Å². The number of carboxylic acids is 2. The summed E-state index contributed by atoms with van der Waals surface area (Å²) < 4.78 is 143. The molecule has 5 aliphatic rings. The maximum absolute atomic E-state index is 13.9. The van der Waals surface area contributed by atoms with E-state index in [2.05, 4.69) is 15.0 Å². The number of Topliss-reactive ketones (excluding diaryl/α,β-unsaturated/α-hetero) is 2. The van der Waals surface area contributed by atoms with E-state index in [1.807, 2.05) is 18.6 Å². The van der Waals surface area contributed by atoms with Crippen molar-refractivity contribution in [1.29, 1.82) is 0 Å². The predicted octanol–water partition coefficient (Wildman–Crippen LogP) is 22.5. The Morgan fingerprint density at radius 1 is 0.382 bits per heavy atom. The number of nitro groups is 2. The minimum absolute atomic E-state index is 0.0529. The summed E-state index contributed by atoms with van der Waals surface area (Å²) in [6.45, 7) is 20.4. The van der Waals surface area contributed by atoms with E-state index >= 15 is 0 Å². The summed E-state index contributed by atoms with van der Waals surface area (Å²) in [6.07, 6.45) is 20.1. The van der Waals surface area contributed by atoms with Crippen molar-refractivity contribution in [3.63, 3.8) is 0 Å². The number of aromatic nitrogens is 6. The zero-order valence-corrected chi connectivity index (χ0v) is 81.5. The molecule has 144 heavy (non-hydrogen) atoms. The highest BCUT2D eigenvalue weighted by Crippen LogP contribution is 2.42. The second-order valence-electron chi connectivity index (χ2n) is 35.6. The Hall–Kier alpha value is -15.3. The number of carbonyl (C=O) groups excluding carboxylic acids is 8. The number of carboxylic acid groups (broad SMARTS) is 2. The molecule has 0 bridgehead atoms. The summed E-state index contributed by atoms with van der Waals surface area (Å²) in [5.41, 5.74) is 9.79. The van der Waals surface area contributed by atoms with Crippen LogP contribution < -0.4 is 5.73 Å². The lowest BCUT2D eigenvalue weighted by Crippen LogP contribution is -2.13. The monoisotopic (exact) mass is 2020 g/mol. The van der Waals surface area contributed by atoms with E-state index in [4.69, 9.17) is 56.6 Å². The maximum Gasteiger partial charge on any atom is 0.341 e. The Morgan fingerprint density at radius 3 is 0.986 bits per heavy atom. The Labute approximate surface area is 827 Å². The number of non-ortho nitro benzene ring substituents is 2. The molecule has 0 radical (unpaired) electrons. The van der Waals surface area contributed by atoms with Crippen molar-refractivity contribution in [2.75, 3.05) is 5.73 Å². The number of nitrogens with zero attached hydrogens (tertiary/aromatic N) is 7. The number of rotatable bonds is 30. The number of aromatic carboxylic acids is 2. The van der Waals surface area contributed by atoms with Crippen LogP contribution in [0.3, 0.4) is 0 Å². The van der Waals surface area contributed by atoms with E-state index in [1.54, 1.807) is 140 Å². The van der Waals surface area contributed by atoms with Gasteiger partial charge in [0.05, 0.1) is 104 Å². The number of nitrogens with one attached hydrogen (secondary N) is 1. The smallest absolute Gasteiger partial charge is 0.341 e. The molecule has 31 nitrogen and oxygen atoms in total. The first-order valence-corrected chi connectivity index (χ1v) is 46.5. The number of nitrogen functional groups attached to an aromatic ring is 1. The van der Waals surface area contributed by atoms with E-state index in [0.29, 0.717) is 77.0 Å². The topological polar surface area (TPSA) is 435 Å². The highest BCUT2D eigenvalue weighted by atomic mass is 32.1. The summed E-state index contributed by atoms with van der Waals surface area (Å²) in [5, 5.41) is 37.9. The quantitative estimate of drug-likeness (QED) is 0.00618. The number of imidazole rings is 3. The number of nitro benzene ring substituents is 2. The molecular formula is C104H109F8N9O22S. The van der Waals surface area contributed by atoms with E-state index < -0.39 is 127 Å². The van der Waals surface area contributed by atoms with Crippen LogP contribution in [0.4, 0.5) is 52.2 Å². The predicted molar refractivity (Wildman–Crippen MR) is 513 cm³/mol. The standard InChI is InChI=1S/C16H17FN2O2S.C16H17FN2O2.2C16H19FO3.C13H11FN2O2.C10H10FNO4.C10H12FNO2.C7H4FNO4/c1-9(2)21-15(20)12-7-11(5-6-13(12)17)19-8-14(10-3-4-10)18-16(19)22;1-10(2)21-16(20)13-7-12(5-6-14(13)17)19-8-15(18-9-19)11-3-4-11;2*1-10(2)20-16(19)13-9-11(3-7-14(13)17)4-8-15(18)12-5-6-12;14-11-4-3-9(5-10(11)13(17)18)16-6-12(15-7-16)8-1-2-8;1-6(2)16-10(13)8-5-7(12(14)15)3-4-9(8)11;1-6(2)14-10(13)8-5-7(12)3-4-9(8)11;8-6-2-1-4(9(12)13)3-5(6)7(10)11/h5-10H,3-4H2,1-2H3,(H,18,22);5-11H,3-4H2,1-2H3;2*3,7,9-10,12H,4-6,8H2,1-2H3;3-8H,1-2H2,(H,17,18);3-6H,1-2H3;3-6H,12H2,1-2H3;1-3H,(H,10,11). The van der Waals surface area contributed by atoms with Crippen molar-refractivity contribution in [2.24, 2.45) is 11.8 Å². The number of aromatic amines is 1. The molecule has 0 atom stereocenters. The number of esters is 6. The fourth-order valence-electron chi connectivity index (χ4n) is 13.3. The van der Waals surface area contributed by atoms with Crippen molar-refractivity contribution in [3.05, 3.63) is 321 Å². The van der Waals surface area contributed by atoms with E-state index in [9.17, 15) is 103 Å². The zero-order valence-electron chi connectivity index (χ0n) is 80.7. The second kappa shape index (κ2) is 52.0. The Morgan fingerprint density at radius 2 is 0.660 bits per heavy atom. The molecule has 3 heterocycles. The number of ketones is 2. The molecule has 764 valence electrons. The number of aryl methyl sites for hydroxylation is 2. The van der Waals surface area contributed by atoms with Gasteiger partial charge in [-0.2, -0.15) is 0 Å². The number of anilines is 1. The third kappa shape index (κ3) is 34.9. The van der Waals surface area contributed by atoms with Gasteiger partial charge in [0.1, 0.15) is 69.2 Å². The van der Waals surface area contributed by atoms with Crippen LogP contribution in [0, 0.1) is 83.4 Å². The first kappa shape index (κ1) is 112. The molecular weight excluding hydrogens is 1910 g/mol. The van der Waals surface area contributed by atoms with Crippen molar-refractivity contribution in [3.8, 4) is 17.1 Å². The fourth-order valence-corrected chi connectivity index (χ4v) is 13.6. The van der Waals surface area contributed by atoms with Crippen LogP contribution in [0.1, 0.15) is 289 Å². The second-order valence-corrected chi connectivity index (χ2v) is 36.0. The molecule has 5 aliphatic carbocycles. The van der Waals surface area contributed by atoms with E-state index in [-0.39, 0.29) is 93.0 Å². The fraction of sp³-hybridized carbons (Fsp3) is 0.356. The number of hydrogen-bond donors (Lipinski definition) is 4. The molecule has 8 aromatic carbocycles. The minimum atomic E-state index is -1.53. The van der Waals surface area contributed by atoms with Crippen molar-refractivity contribution >= 4 is 88.6 Å². The highest BCUT2D eigenvalue weighted by Gasteiger charge is 2.33. The van der Waals surface area contributed by atoms with Crippen LogP contribution >= 0.6 is 12.2 Å². The third-order valence-corrected chi connectivity index (χ3v) is 21.6. The summed E-state index contributed by atoms with van der Waals surface area (Å²) >= 11 is 5.31. The molecule has 0 aliphatic heterocycles. The van der Waals surface area contributed by atoms with Gasteiger partial charge >= 0.3 is 47.8 Å². The van der Waals surface area contributed by atoms with Crippen LogP contribution in [0.15, 0.2) is 177 Å². The summed E-state index contributed by atoms with van der Waals surface area (Å²) in [6, 6.07) is 30.3. The molecule has 0 saturated heterocycles. The Kier molecular flexibility index (Phi) is 40.5. The van der Waals surface area contributed by atoms with Gasteiger partial charge in [-0.05, 0) is 293 Å². The minimum Gasteiger partial charge on any atom is -0.478 e. The van der Waals surface area contributed by atoms with Crippen LogP contribution in [-0.2, 0) is 50.9 Å². The first-order valence-electron chi connectivity index (χ1n) is 46.1. The zero-order chi connectivity index (χ0) is 106. The lowest BCUT2D eigenvalue weighted by Gasteiger charge is -2.10. The largest absolute Gasteiger partial charge is 0.478 e. The molecule has 0 amide bonds. The summed E-state index contributed by atoms with van der Waals surface area (Å²) in [7, 11) is 0. The molecule has 11 aromatic rings. The molecule has 5 saturated carbocycles. The Bertz CT molecular complexity index is 6480. The van der Waals surface area contributed by atoms with Crippen LogP contribution in [0.5, 0.6) is 0 Å². The summed E-state index contributed by atoms with van der Waals surface area (Å²) in [5.74, 6) is -9.93. The van der Waals surface area contributed by atoms with E-state index in [1.165, 1.54) is 79.6 Å². The molecule has 0 unspecified atom stereocenters. The Balaban J connectivity index is 0.000000184. The number of halogens is 8. The highest BCUT2D eigenvalue weighted by molar-refractivity contribution is 7.71. The number of carbonyl (C=O) groups is 10. The summed E-state index contributed by atoms with van der Waals surface area (Å²) in [4.78, 5) is 145. The SMILES string of the molecule is CC(C)OC(=O)c1cc(-n2cc(C3CC3)[nH]c2=S)ccc1F.CC(C)OC(=O)c1cc(-n2cnc(C3CC3)c2)ccc1F.CC(C)OC(=O)c1cc(CCC(=O)C2CC2)ccc1F.CC(C)OC(=O)c1cc(CCC(=O)C2CC2)ccc1F.CC(C)OC(=O)c1cc(N)ccc1F.CC(C)OC(=O)c1cc([N+](=O)[O-])ccc1F.O=C(O)c1cc(-n2cnc(C3CC3)c2)ccc1F.O=C(O)c1cc([N+](=O)[O-])ccc1F. The lowest BCUT2D eigenvalue weighted by atomic mass is 10.0. The van der Waals surface area contributed by atoms with Crippen molar-refractivity contribution in [1.82, 2.24) is 28.7 Å². The van der Waals surface area contributed by atoms with Gasteiger partial charge in [-0.3, -0.25) is 34.4 Å². The number of nitrogens with two attached hydrogens (primary N) is 1. The average Bonchev–Trinajstić information content (AvgIpc) is 1.66. The van der Waals surface area contributed by atoms with Gasteiger partial charge in [0.2, 0.25) is 0 Å². The van der Waals surface area contributed by atoms with E-state index in [0.717, 1.165) is 122 Å². The van der Waals surface area contributed by atoms with Gasteiger partial charge in [0.15, 0.2) is 4.77 Å². The van der Waals surface area contributed by atoms with Gasteiger partial charge in [0.25, 0.3) is 11.4 Å². The number of ether oxygens (including phenoxy) is 6. The van der Waals surface area contributed by atoms with Crippen molar-refractivity contribution in [2.45, 2.75) is 227 Å². The molecule has 5 fully saturated rings. The third-order valence-electron chi connectivity index (χ3n) is 21.3. The normalized spacial score (nSPS) is 13.2. The number of hydrogen-bond acceptors (Lipinski definition) is 24. The van der Waals surface area contributed by atoms with Gasteiger partial charge in [0, 0.05) is 114 Å². The van der Waals surface area contributed by atoms with Crippen molar-refractivity contribution < 1.29 is 132 Å². The number of benzene rings is 8. The molecule has 3 aromatic heterocycles. The van der Waals surface area contributed by atoms with Crippen LogP contribution in [0.2, 0.25) is 0 Å². The average molecular weight is 2020 g/mol. The number of H-pyrrole nitrogens is 1. The van der Waals surface area contributed by atoms with Crippen LogP contribution in [-0.4, -0.2) is 145 Å².